The Bertz CT molecular complexity index is 1430. The summed E-state index contributed by atoms with van der Waals surface area (Å²) in [7, 11) is -2.54. The minimum atomic E-state index is -4.03. The van der Waals surface area contributed by atoms with Gasteiger partial charge in [0.15, 0.2) is 11.4 Å². The summed E-state index contributed by atoms with van der Waals surface area (Å²) < 4.78 is 37.1. The number of ether oxygens (including phenoxy) is 1. The molecule has 1 unspecified atom stereocenters. The van der Waals surface area contributed by atoms with E-state index in [1.807, 2.05) is 61.5 Å². The van der Waals surface area contributed by atoms with E-state index in [9.17, 15) is 18.3 Å². The highest BCUT2D eigenvalue weighted by Crippen LogP contribution is 2.35. The van der Waals surface area contributed by atoms with Crippen LogP contribution in [-0.4, -0.2) is 50.4 Å². The number of methoxy groups -OCH3 is 1. The summed E-state index contributed by atoms with van der Waals surface area (Å²) in [6, 6.07) is 23.1. The van der Waals surface area contributed by atoms with Gasteiger partial charge in [0, 0.05) is 17.6 Å². The molecule has 9 heteroatoms. The number of aromatic nitrogens is 1. The summed E-state index contributed by atoms with van der Waals surface area (Å²) in [6.45, 7) is 1.12. The summed E-state index contributed by atoms with van der Waals surface area (Å²) in [4.78, 5) is 13.3. The Kier molecular flexibility index (Phi) is 7.20. The van der Waals surface area contributed by atoms with Gasteiger partial charge in [-0.05, 0) is 43.3 Å². The van der Waals surface area contributed by atoms with Crippen LogP contribution in [0.15, 0.2) is 83.8 Å². The molecule has 1 heterocycles. The number of nitrogens with zero attached hydrogens (tertiary/aromatic N) is 1. The number of aryl methyl sites for hydroxylation is 1. The van der Waals surface area contributed by atoms with Crippen LogP contribution in [0.25, 0.3) is 16.6 Å². The van der Waals surface area contributed by atoms with Crippen LogP contribution in [0.3, 0.4) is 0 Å². The maximum atomic E-state index is 13.3. The molecule has 0 spiro atoms. The molecule has 1 amide bonds. The van der Waals surface area contributed by atoms with E-state index < -0.39 is 28.7 Å². The Morgan fingerprint density at radius 3 is 2.34 bits per heavy atom. The number of rotatable bonds is 9. The van der Waals surface area contributed by atoms with Crippen molar-refractivity contribution < 1.29 is 27.2 Å². The summed E-state index contributed by atoms with van der Waals surface area (Å²) in [5.74, 6) is -0.0861. The van der Waals surface area contributed by atoms with E-state index in [4.69, 9.17) is 8.92 Å². The van der Waals surface area contributed by atoms with Crippen LogP contribution < -0.4 is 10.1 Å². The molecule has 1 atom stereocenters. The van der Waals surface area contributed by atoms with Gasteiger partial charge in [0.25, 0.3) is 16.0 Å². The number of benzene rings is 3. The van der Waals surface area contributed by atoms with Gasteiger partial charge in [-0.1, -0.05) is 48.0 Å². The van der Waals surface area contributed by atoms with Gasteiger partial charge >= 0.3 is 0 Å². The van der Waals surface area contributed by atoms with Crippen LogP contribution in [0.4, 0.5) is 0 Å². The molecule has 4 aromatic rings. The number of hydrogen-bond donors (Lipinski definition) is 2. The van der Waals surface area contributed by atoms with Crippen LogP contribution in [0, 0.1) is 6.92 Å². The van der Waals surface area contributed by atoms with E-state index in [0.29, 0.717) is 5.75 Å². The Hall–Kier alpha value is -3.66. The first-order chi connectivity index (χ1) is 16.8. The van der Waals surface area contributed by atoms with Gasteiger partial charge in [-0.25, -0.2) is 0 Å². The molecule has 0 radical (unpaired) electrons. The van der Waals surface area contributed by atoms with Crippen molar-refractivity contribution in [1.29, 1.82) is 0 Å². The van der Waals surface area contributed by atoms with Gasteiger partial charge in [-0.3, -0.25) is 8.98 Å². The van der Waals surface area contributed by atoms with Crippen molar-refractivity contribution in [2.24, 2.45) is 0 Å². The van der Waals surface area contributed by atoms with Crippen LogP contribution in [0.2, 0.25) is 0 Å². The molecule has 182 valence electrons. The predicted octanol–water partition coefficient (Wildman–Crippen LogP) is 3.44. The van der Waals surface area contributed by atoms with Crippen molar-refractivity contribution in [3.05, 3.63) is 90.1 Å². The summed E-state index contributed by atoms with van der Waals surface area (Å²) >= 11 is 0. The third-order valence-electron chi connectivity index (χ3n) is 5.49. The number of carbonyl (C=O) groups is 1. The van der Waals surface area contributed by atoms with Crippen molar-refractivity contribution in [1.82, 2.24) is 9.88 Å². The fraction of sp³-hybridized carbons (Fsp3) is 0.192. The van der Waals surface area contributed by atoms with Crippen molar-refractivity contribution in [2.75, 3.05) is 20.3 Å². The number of aliphatic hydroxyl groups is 1. The molecule has 3 aromatic carbocycles. The topological polar surface area (TPSA) is 107 Å². The number of fused-ring (bicyclic) bond motifs is 1. The molecule has 0 aliphatic heterocycles. The molecule has 35 heavy (non-hydrogen) atoms. The molecule has 0 saturated heterocycles. The lowest BCUT2D eigenvalue weighted by Gasteiger charge is -2.15. The lowest BCUT2D eigenvalue weighted by molar-refractivity contribution is 0.0845. The van der Waals surface area contributed by atoms with Gasteiger partial charge in [0.05, 0.1) is 30.2 Å². The van der Waals surface area contributed by atoms with Crippen molar-refractivity contribution in [3.8, 4) is 11.4 Å². The normalized spacial score (nSPS) is 12.4. The molecule has 0 aliphatic rings. The van der Waals surface area contributed by atoms with Crippen LogP contribution in [0.5, 0.6) is 5.75 Å². The Balaban J connectivity index is 1.52. The van der Waals surface area contributed by atoms with E-state index >= 15 is 0 Å². The molecule has 0 aliphatic carbocycles. The summed E-state index contributed by atoms with van der Waals surface area (Å²) in [5.41, 5.74) is 2.73. The first-order valence-corrected chi connectivity index (χ1v) is 12.4. The predicted molar refractivity (Wildman–Crippen MR) is 132 cm³/mol. The maximum absolute atomic E-state index is 13.3. The zero-order valence-electron chi connectivity index (χ0n) is 19.3. The monoisotopic (exact) mass is 494 g/mol. The highest BCUT2D eigenvalue weighted by atomic mass is 32.2. The third-order valence-corrected chi connectivity index (χ3v) is 6.78. The minimum absolute atomic E-state index is 0.00329. The lowest BCUT2D eigenvalue weighted by Crippen LogP contribution is -2.36. The zero-order valence-corrected chi connectivity index (χ0v) is 20.2. The first-order valence-electron chi connectivity index (χ1n) is 11.0. The van der Waals surface area contributed by atoms with Gasteiger partial charge in [-0.15, -0.1) is 0 Å². The Labute approximate surface area is 203 Å². The molecular formula is C26H26N2O6S. The highest BCUT2D eigenvalue weighted by Gasteiger charge is 2.25. The van der Waals surface area contributed by atoms with Crippen molar-refractivity contribution in [3.63, 3.8) is 0 Å². The van der Waals surface area contributed by atoms with E-state index in [2.05, 4.69) is 5.32 Å². The van der Waals surface area contributed by atoms with Gasteiger partial charge in [0.2, 0.25) is 0 Å². The summed E-state index contributed by atoms with van der Waals surface area (Å²) in [5, 5.41) is 13.7. The minimum Gasteiger partial charge on any atom is -0.494 e. The number of carbonyl (C=O) groups excluding carboxylic acids is 1. The van der Waals surface area contributed by atoms with Gasteiger partial charge in [-0.2, -0.15) is 8.42 Å². The molecule has 0 bridgehead atoms. The standard InChI is InChI=1S/C26H26N2O6S/c1-18-12-14-21(15-13-18)35(31,32)34-17-20(29)16-27-26(30)24-25(33-2)22-10-6-7-11-23(22)28(24)19-8-4-3-5-9-19/h3-15,20,29H,16-17H2,1-2H3,(H,27,30). The molecular weight excluding hydrogens is 468 g/mol. The van der Waals surface area contributed by atoms with Crippen LogP contribution >= 0.6 is 0 Å². The van der Waals surface area contributed by atoms with E-state index in [1.54, 1.807) is 16.7 Å². The molecule has 2 N–H and O–H groups in total. The second-order valence-corrected chi connectivity index (χ2v) is 9.60. The molecule has 0 saturated carbocycles. The fourth-order valence-electron chi connectivity index (χ4n) is 3.76. The smallest absolute Gasteiger partial charge is 0.297 e. The third kappa shape index (κ3) is 5.22. The molecule has 0 fully saturated rings. The first kappa shape index (κ1) is 24.5. The quantitative estimate of drug-likeness (QED) is 0.345. The second kappa shape index (κ2) is 10.3. The SMILES string of the molecule is COc1c(C(=O)NCC(O)COS(=O)(=O)c2ccc(C)cc2)n(-c2ccccc2)c2ccccc12. The second-order valence-electron chi connectivity index (χ2n) is 7.99. The zero-order chi connectivity index (χ0) is 25.0. The lowest BCUT2D eigenvalue weighted by atomic mass is 10.2. The van der Waals surface area contributed by atoms with Gasteiger partial charge < -0.3 is 19.7 Å². The van der Waals surface area contributed by atoms with E-state index in [-0.39, 0.29) is 17.1 Å². The number of hydrogen-bond acceptors (Lipinski definition) is 6. The van der Waals surface area contributed by atoms with Gasteiger partial charge in [0.1, 0.15) is 0 Å². The average molecular weight is 495 g/mol. The fourth-order valence-corrected chi connectivity index (χ4v) is 4.70. The molecule has 1 aromatic heterocycles. The highest BCUT2D eigenvalue weighted by molar-refractivity contribution is 7.86. The number of nitrogens with one attached hydrogen (secondary N) is 1. The van der Waals surface area contributed by atoms with Crippen LogP contribution in [0.1, 0.15) is 16.1 Å². The maximum Gasteiger partial charge on any atom is 0.297 e. The number of aliphatic hydroxyl groups excluding tert-OH is 1. The van der Waals surface area contributed by atoms with E-state index in [0.717, 1.165) is 22.2 Å². The number of para-hydroxylation sites is 2. The van der Waals surface area contributed by atoms with Crippen LogP contribution in [-0.2, 0) is 14.3 Å². The van der Waals surface area contributed by atoms with Crippen molar-refractivity contribution in [2.45, 2.75) is 17.9 Å². The molecule has 4 rings (SSSR count). The Morgan fingerprint density at radius 2 is 1.66 bits per heavy atom. The van der Waals surface area contributed by atoms with E-state index in [1.165, 1.54) is 19.2 Å². The summed E-state index contributed by atoms with van der Waals surface area (Å²) in [6.07, 6.45) is -1.25. The number of amides is 1. The molecule has 8 nitrogen and oxygen atoms in total. The Morgan fingerprint density at radius 1 is 1.00 bits per heavy atom. The largest absolute Gasteiger partial charge is 0.494 e. The average Bonchev–Trinajstić information content (AvgIpc) is 3.21. The van der Waals surface area contributed by atoms with Crippen molar-refractivity contribution >= 4 is 26.9 Å².